The maximum Gasteiger partial charge on any atom is 0.389 e. The Morgan fingerprint density at radius 2 is 1.93 bits per heavy atom. The molecule has 1 nitrogen and oxygen atoms in total. The Balaban J connectivity index is 2.35. The van der Waals surface area contributed by atoms with Crippen LogP contribution in [0.1, 0.15) is 39.5 Å². The molecule has 0 spiro atoms. The third kappa shape index (κ3) is 4.87. The third-order valence-electron chi connectivity index (χ3n) is 3.21. The van der Waals surface area contributed by atoms with Crippen LogP contribution < -0.4 is 5.32 Å². The summed E-state index contributed by atoms with van der Waals surface area (Å²) < 4.78 is 36.3. The standard InChI is InChI=1S/C11H20F3N/c1-3-15-10(6-7-11(12,13)14)8(2)9-4-5-9/h8-10,15H,3-7H2,1-2H3. The van der Waals surface area contributed by atoms with Gasteiger partial charge >= 0.3 is 6.18 Å². The second-order valence-corrected chi connectivity index (χ2v) is 4.51. The number of hydrogen-bond donors (Lipinski definition) is 1. The average Bonchev–Trinajstić information content (AvgIpc) is 2.92. The number of hydrogen-bond acceptors (Lipinski definition) is 1. The number of rotatable bonds is 6. The van der Waals surface area contributed by atoms with Gasteiger partial charge in [0.25, 0.3) is 0 Å². The summed E-state index contributed by atoms with van der Waals surface area (Å²) in [7, 11) is 0. The van der Waals surface area contributed by atoms with E-state index in [1.807, 2.05) is 6.92 Å². The Bertz CT molecular complexity index is 187. The smallest absolute Gasteiger partial charge is 0.314 e. The van der Waals surface area contributed by atoms with Crippen LogP contribution in [0.3, 0.4) is 0 Å². The molecule has 1 saturated carbocycles. The molecular weight excluding hydrogens is 203 g/mol. The summed E-state index contributed by atoms with van der Waals surface area (Å²) in [4.78, 5) is 0. The fourth-order valence-corrected chi connectivity index (χ4v) is 2.08. The van der Waals surface area contributed by atoms with Crippen molar-refractivity contribution in [2.75, 3.05) is 6.54 Å². The van der Waals surface area contributed by atoms with Crippen molar-refractivity contribution in [3.63, 3.8) is 0 Å². The molecule has 0 aliphatic heterocycles. The molecule has 1 aliphatic carbocycles. The van der Waals surface area contributed by atoms with Gasteiger partial charge in [-0.05, 0) is 37.6 Å². The first-order valence-electron chi connectivity index (χ1n) is 5.74. The molecule has 0 aromatic rings. The minimum absolute atomic E-state index is 0.0316. The quantitative estimate of drug-likeness (QED) is 0.728. The van der Waals surface area contributed by atoms with Gasteiger partial charge in [0.15, 0.2) is 0 Å². The molecule has 0 bridgehead atoms. The first-order valence-corrected chi connectivity index (χ1v) is 5.74. The molecule has 15 heavy (non-hydrogen) atoms. The van der Waals surface area contributed by atoms with Crippen LogP contribution >= 0.6 is 0 Å². The fourth-order valence-electron chi connectivity index (χ4n) is 2.08. The van der Waals surface area contributed by atoms with Crippen molar-refractivity contribution >= 4 is 0 Å². The third-order valence-corrected chi connectivity index (χ3v) is 3.21. The molecule has 90 valence electrons. The Labute approximate surface area is 89.4 Å². The molecule has 0 amide bonds. The van der Waals surface area contributed by atoms with Crippen LogP contribution in [-0.4, -0.2) is 18.8 Å². The van der Waals surface area contributed by atoms with Crippen molar-refractivity contribution < 1.29 is 13.2 Å². The normalized spacial score (nSPS) is 21.4. The molecule has 0 saturated heterocycles. The van der Waals surface area contributed by atoms with Gasteiger partial charge in [0, 0.05) is 12.5 Å². The van der Waals surface area contributed by atoms with E-state index in [1.165, 1.54) is 12.8 Å². The van der Waals surface area contributed by atoms with Gasteiger partial charge in [-0.25, -0.2) is 0 Å². The average molecular weight is 223 g/mol. The van der Waals surface area contributed by atoms with E-state index in [2.05, 4.69) is 12.2 Å². The first-order chi connectivity index (χ1) is 6.94. The van der Waals surface area contributed by atoms with Crippen LogP contribution in [0.25, 0.3) is 0 Å². The summed E-state index contributed by atoms with van der Waals surface area (Å²) in [6, 6.07) is 0.0316. The van der Waals surface area contributed by atoms with Crippen molar-refractivity contribution in [2.45, 2.75) is 51.7 Å². The van der Waals surface area contributed by atoms with Gasteiger partial charge in [0.2, 0.25) is 0 Å². The summed E-state index contributed by atoms with van der Waals surface area (Å²) in [5, 5.41) is 3.18. The lowest BCUT2D eigenvalue weighted by Crippen LogP contribution is -2.36. The van der Waals surface area contributed by atoms with Gasteiger partial charge < -0.3 is 5.32 Å². The molecule has 0 aromatic carbocycles. The van der Waals surface area contributed by atoms with E-state index in [1.54, 1.807) is 0 Å². The predicted octanol–water partition coefficient (Wildman–Crippen LogP) is 3.35. The Morgan fingerprint density at radius 3 is 2.33 bits per heavy atom. The summed E-state index contributed by atoms with van der Waals surface area (Å²) in [5.74, 6) is 1.04. The SMILES string of the molecule is CCNC(CCC(F)(F)F)C(C)C1CC1. The zero-order valence-electron chi connectivity index (χ0n) is 9.40. The van der Waals surface area contributed by atoms with Gasteiger partial charge in [-0.2, -0.15) is 13.2 Å². The van der Waals surface area contributed by atoms with Crippen LogP contribution in [0.4, 0.5) is 13.2 Å². The van der Waals surface area contributed by atoms with Gasteiger partial charge in [0.05, 0.1) is 0 Å². The molecule has 1 aliphatic rings. The molecule has 1 rings (SSSR count). The zero-order chi connectivity index (χ0) is 11.5. The van der Waals surface area contributed by atoms with E-state index in [0.717, 1.165) is 6.54 Å². The molecule has 1 N–H and O–H groups in total. The fraction of sp³-hybridized carbons (Fsp3) is 1.00. The highest BCUT2D eigenvalue weighted by Crippen LogP contribution is 2.39. The maximum absolute atomic E-state index is 12.1. The first kappa shape index (κ1) is 12.8. The second kappa shape index (κ2) is 5.19. The van der Waals surface area contributed by atoms with E-state index < -0.39 is 12.6 Å². The highest BCUT2D eigenvalue weighted by Gasteiger charge is 2.35. The molecule has 0 heterocycles. The van der Waals surface area contributed by atoms with E-state index in [9.17, 15) is 13.2 Å². The molecule has 4 heteroatoms. The minimum Gasteiger partial charge on any atom is -0.314 e. The van der Waals surface area contributed by atoms with E-state index in [0.29, 0.717) is 11.8 Å². The van der Waals surface area contributed by atoms with Crippen molar-refractivity contribution in [3.8, 4) is 0 Å². The van der Waals surface area contributed by atoms with Crippen molar-refractivity contribution in [1.29, 1.82) is 0 Å². The lowest BCUT2D eigenvalue weighted by molar-refractivity contribution is -0.137. The highest BCUT2D eigenvalue weighted by molar-refractivity contribution is 4.86. The summed E-state index contributed by atoms with van der Waals surface area (Å²) >= 11 is 0. The molecule has 0 aromatic heterocycles. The maximum atomic E-state index is 12.1. The van der Waals surface area contributed by atoms with Crippen LogP contribution in [0, 0.1) is 11.8 Å². The topological polar surface area (TPSA) is 12.0 Å². The summed E-state index contributed by atoms with van der Waals surface area (Å²) in [5.41, 5.74) is 0. The molecular formula is C11H20F3N. The Kier molecular flexibility index (Phi) is 4.44. The molecule has 2 unspecified atom stereocenters. The highest BCUT2D eigenvalue weighted by atomic mass is 19.4. The minimum atomic E-state index is -4.02. The molecule has 1 fully saturated rings. The van der Waals surface area contributed by atoms with Crippen LogP contribution in [0.5, 0.6) is 0 Å². The number of alkyl halides is 3. The predicted molar refractivity (Wildman–Crippen MR) is 54.6 cm³/mol. The van der Waals surface area contributed by atoms with Gasteiger partial charge in [0.1, 0.15) is 0 Å². The van der Waals surface area contributed by atoms with Crippen molar-refractivity contribution in [3.05, 3.63) is 0 Å². The van der Waals surface area contributed by atoms with Crippen molar-refractivity contribution in [2.24, 2.45) is 11.8 Å². The monoisotopic (exact) mass is 223 g/mol. The van der Waals surface area contributed by atoms with E-state index in [-0.39, 0.29) is 12.5 Å². The Hall–Kier alpha value is -0.250. The largest absolute Gasteiger partial charge is 0.389 e. The van der Waals surface area contributed by atoms with E-state index in [4.69, 9.17) is 0 Å². The number of nitrogens with one attached hydrogen (secondary N) is 1. The van der Waals surface area contributed by atoms with Gasteiger partial charge in [-0.1, -0.05) is 13.8 Å². The second-order valence-electron chi connectivity index (χ2n) is 4.51. The van der Waals surface area contributed by atoms with Crippen molar-refractivity contribution in [1.82, 2.24) is 5.32 Å². The van der Waals surface area contributed by atoms with Crippen LogP contribution in [-0.2, 0) is 0 Å². The van der Waals surface area contributed by atoms with Crippen LogP contribution in [0.15, 0.2) is 0 Å². The van der Waals surface area contributed by atoms with E-state index >= 15 is 0 Å². The summed E-state index contributed by atoms with van der Waals surface area (Å²) in [6.45, 7) is 4.77. The molecule has 0 radical (unpaired) electrons. The van der Waals surface area contributed by atoms with Gasteiger partial charge in [-0.15, -0.1) is 0 Å². The lowest BCUT2D eigenvalue weighted by Gasteiger charge is -2.25. The summed E-state index contributed by atoms with van der Waals surface area (Å²) in [6.07, 6.45) is -2.09. The number of halogens is 3. The lowest BCUT2D eigenvalue weighted by atomic mass is 9.93. The Morgan fingerprint density at radius 1 is 1.33 bits per heavy atom. The molecule has 2 atom stereocenters. The van der Waals surface area contributed by atoms with Crippen LogP contribution in [0.2, 0.25) is 0 Å². The zero-order valence-corrected chi connectivity index (χ0v) is 9.40. The van der Waals surface area contributed by atoms with Gasteiger partial charge in [-0.3, -0.25) is 0 Å².